The number of rotatable bonds is 6. The van der Waals surface area contributed by atoms with Gasteiger partial charge >= 0.3 is 11.9 Å². The van der Waals surface area contributed by atoms with Gasteiger partial charge in [0.1, 0.15) is 0 Å². The Morgan fingerprint density at radius 1 is 1.00 bits per heavy atom. The van der Waals surface area contributed by atoms with Crippen molar-refractivity contribution < 1.29 is 23.9 Å². The number of carbonyl (C=O) groups is 3. The van der Waals surface area contributed by atoms with Gasteiger partial charge in [-0.3, -0.25) is 9.59 Å². The van der Waals surface area contributed by atoms with Gasteiger partial charge in [0, 0.05) is 19.0 Å². The maximum Gasteiger partial charge on any atom is 0.359 e. The minimum Gasteiger partial charge on any atom is -0.465 e. The number of benzene rings is 2. The molecular weight excluding hydrogens is 390 g/mol. The zero-order valence-corrected chi connectivity index (χ0v) is 16.4. The van der Waals surface area contributed by atoms with Gasteiger partial charge in [-0.15, -0.1) is 0 Å². The highest BCUT2D eigenvalue weighted by Gasteiger charge is 2.18. The molecule has 0 atom stereocenters. The Kier molecular flexibility index (Phi) is 6.21. The number of hydrogen-bond donors (Lipinski definition) is 1. The van der Waals surface area contributed by atoms with Gasteiger partial charge in [-0.25, -0.2) is 14.3 Å². The summed E-state index contributed by atoms with van der Waals surface area (Å²) >= 11 is 0. The van der Waals surface area contributed by atoms with Crippen LogP contribution in [0.1, 0.15) is 26.4 Å². The summed E-state index contributed by atoms with van der Waals surface area (Å²) in [5.41, 5.74) is 0.781. The number of nitrogens with zero attached hydrogens (tertiary/aromatic N) is 2. The number of aryl methyl sites for hydroxylation is 1. The van der Waals surface area contributed by atoms with Crippen LogP contribution in [0, 0.1) is 0 Å². The minimum absolute atomic E-state index is 0.0427. The molecule has 0 saturated heterocycles. The lowest BCUT2D eigenvalue weighted by Gasteiger charge is -2.09. The van der Waals surface area contributed by atoms with E-state index >= 15 is 0 Å². The van der Waals surface area contributed by atoms with E-state index in [2.05, 4.69) is 15.2 Å². The minimum atomic E-state index is -0.806. The zero-order valence-electron chi connectivity index (χ0n) is 16.4. The van der Waals surface area contributed by atoms with Gasteiger partial charge < -0.3 is 14.8 Å². The molecule has 0 unspecified atom stereocenters. The Labute approximate surface area is 171 Å². The van der Waals surface area contributed by atoms with Crippen LogP contribution in [0.15, 0.2) is 53.3 Å². The molecule has 2 aromatic carbocycles. The third kappa shape index (κ3) is 4.52. The molecule has 0 bridgehead atoms. The highest BCUT2D eigenvalue weighted by atomic mass is 16.5. The number of ether oxygens (including phenoxy) is 2. The van der Waals surface area contributed by atoms with Gasteiger partial charge in [-0.05, 0) is 23.8 Å². The number of fused-ring (bicyclic) bond motifs is 1. The van der Waals surface area contributed by atoms with Gasteiger partial charge in [0.05, 0.1) is 18.1 Å². The van der Waals surface area contributed by atoms with Crippen molar-refractivity contribution in [1.29, 1.82) is 0 Å². The van der Waals surface area contributed by atoms with E-state index < -0.39 is 24.5 Å². The first-order valence-corrected chi connectivity index (χ1v) is 8.98. The van der Waals surface area contributed by atoms with Crippen molar-refractivity contribution in [2.24, 2.45) is 7.05 Å². The molecule has 3 rings (SSSR count). The molecule has 30 heavy (non-hydrogen) atoms. The van der Waals surface area contributed by atoms with Crippen LogP contribution in [-0.4, -0.2) is 41.3 Å². The van der Waals surface area contributed by atoms with Crippen LogP contribution >= 0.6 is 0 Å². The predicted molar refractivity (Wildman–Crippen MR) is 107 cm³/mol. The molecule has 0 aliphatic heterocycles. The summed E-state index contributed by atoms with van der Waals surface area (Å²) in [5.74, 6) is -1.76. The first-order chi connectivity index (χ1) is 14.4. The van der Waals surface area contributed by atoms with Crippen LogP contribution in [0.4, 0.5) is 0 Å². The van der Waals surface area contributed by atoms with Crippen LogP contribution in [0.3, 0.4) is 0 Å². The topological polar surface area (TPSA) is 117 Å². The van der Waals surface area contributed by atoms with Crippen molar-refractivity contribution in [2.45, 2.75) is 6.54 Å². The lowest BCUT2D eigenvalue weighted by atomic mass is 10.1. The number of esters is 2. The van der Waals surface area contributed by atoms with Crippen LogP contribution in [-0.2, 0) is 27.9 Å². The summed E-state index contributed by atoms with van der Waals surface area (Å²) in [4.78, 5) is 48.0. The second-order valence-electron chi connectivity index (χ2n) is 6.36. The quantitative estimate of drug-likeness (QED) is 0.608. The molecule has 0 aliphatic rings. The number of hydrogen-bond acceptors (Lipinski definition) is 7. The second kappa shape index (κ2) is 8.99. The fourth-order valence-electron chi connectivity index (χ4n) is 2.78. The highest BCUT2D eigenvalue weighted by molar-refractivity contribution is 6.02. The highest BCUT2D eigenvalue weighted by Crippen LogP contribution is 2.14. The Balaban J connectivity index is 1.59. The molecule has 154 valence electrons. The SMILES string of the molecule is COC(=O)c1ccc(CNC(=O)COC(=O)c2nn(C)c(=O)c3ccccc23)cc1. The average molecular weight is 409 g/mol. The van der Waals surface area contributed by atoms with E-state index in [4.69, 9.17) is 4.74 Å². The largest absolute Gasteiger partial charge is 0.465 e. The molecule has 0 fully saturated rings. The maximum atomic E-state index is 12.4. The van der Waals surface area contributed by atoms with Crippen molar-refractivity contribution in [3.8, 4) is 0 Å². The van der Waals surface area contributed by atoms with Crippen LogP contribution in [0.25, 0.3) is 10.8 Å². The van der Waals surface area contributed by atoms with E-state index in [-0.39, 0.29) is 17.8 Å². The fourth-order valence-corrected chi connectivity index (χ4v) is 2.78. The number of carbonyl (C=O) groups excluding carboxylic acids is 3. The first-order valence-electron chi connectivity index (χ1n) is 8.98. The van der Waals surface area contributed by atoms with Gasteiger partial charge in [0.25, 0.3) is 11.5 Å². The number of nitrogens with one attached hydrogen (secondary N) is 1. The lowest BCUT2D eigenvalue weighted by Crippen LogP contribution is -2.29. The maximum absolute atomic E-state index is 12.4. The average Bonchev–Trinajstić information content (AvgIpc) is 2.78. The Bertz CT molecular complexity index is 1170. The van der Waals surface area contributed by atoms with Gasteiger partial charge in [0.2, 0.25) is 0 Å². The van der Waals surface area contributed by atoms with Gasteiger partial charge in [-0.2, -0.15) is 5.10 Å². The molecule has 1 aromatic heterocycles. The Morgan fingerprint density at radius 2 is 1.67 bits per heavy atom. The van der Waals surface area contributed by atoms with E-state index in [0.717, 1.165) is 10.2 Å². The van der Waals surface area contributed by atoms with Gasteiger partial charge in [-0.1, -0.05) is 30.3 Å². The van der Waals surface area contributed by atoms with Crippen molar-refractivity contribution in [3.63, 3.8) is 0 Å². The van der Waals surface area contributed by atoms with Crippen molar-refractivity contribution in [2.75, 3.05) is 13.7 Å². The van der Waals surface area contributed by atoms with Crippen LogP contribution in [0.2, 0.25) is 0 Å². The van der Waals surface area contributed by atoms with Crippen molar-refractivity contribution >= 4 is 28.6 Å². The molecule has 0 saturated carbocycles. The standard InChI is InChI=1S/C21H19N3O6/c1-24-19(26)16-6-4-3-5-15(16)18(23-24)21(28)30-12-17(25)22-11-13-7-9-14(10-8-13)20(27)29-2/h3-10H,11-12H2,1-2H3,(H,22,25). The summed E-state index contributed by atoms with van der Waals surface area (Å²) < 4.78 is 10.7. The van der Waals surface area contributed by atoms with Crippen LogP contribution < -0.4 is 10.9 Å². The van der Waals surface area contributed by atoms with E-state index in [1.165, 1.54) is 14.2 Å². The monoisotopic (exact) mass is 409 g/mol. The molecule has 0 radical (unpaired) electrons. The molecule has 9 heteroatoms. The molecule has 3 aromatic rings. The van der Waals surface area contributed by atoms with Gasteiger partial charge in [0.15, 0.2) is 12.3 Å². The molecule has 9 nitrogen and oxygen atoms in total. The molecule has 1 amide bonds. The summed E-state index contributed by atoms with van der Waals surface area (Å²) in [6.07, 6.45) is 0. The summed E-state index contributed by atoms with van der Waals surface area (Å²) in [7, 11) is 2.73. The summed E-state index contributed by atoms with van der Waals surface area (Å²) in [5, 5.41) is 7.27. The normalized spacial score (nSPS) is 10.5. The molecule has 1 heterocycles. The van der Waals surface area contributed by atoms with E-state index in [1.807, 2.05) is 0 Å². The first kappa shape index (κ1) is 20.7. The predicted octanol–water partition coefficient (Wildman–Crippen LogP) is 1.19. The molecule has 0 aliphatic carbocycles. The van der Waals surface area contributed by atoms with E-state index in [1.54, 1.807) is 48.5 Å². The smallest absolute Gasteiger partial charge is 0.359 e. The lowest BCUT2D eigenvalue weighted by molar-refractivity contribution is -0.124. The second-order valence-corrected chi connectivity index (χ2v) is 6.36. The van der Waals surface area contributed by atoms with E-state index in [0.29, 0.717) is 16.3 Å². The van der Waals surface area contributed by atoms with Crippen molar-refractivity contribution in [3.05, 3.63) is 75.7 Å². The zero-order chi connectivity index (χ0) is 21.7. The Morgan fingerprint density at radius 3 is 2.33 bits per heavy atom. The summed E-state index contributed by atoms with van der Waals surface area (Å²) in [6, 6.07) is 13.1. The Hall–Kier alpha value is -4.01. The molecular formula is C21H19N3O6. The summed E-state index contributed by atoms with van der Waals surface area (Å²) in [6.45, 7) is -0.309. The third-order valence-corrected chi connectivity index (χ3v) is 4.35. The van der Waals surface area contributed by atoms with E-state index in [9.17, 15) is 19.2 Å². The fraction of sp³-hybridized carbons (Fsp3) is 0.190. The molecule has 1 N–H and O–H groups in total. The molecule has 0 spiro atoms. The number of aromatic nitrogens is 2. The third-order valence-electron chi connectivity index (χ3n) is 4.35. The number of methoxy groups -OCH3 is 1. The number of amides is 1. The van der Waals surface area contributed by atoms with Crippen molar-refractivity contribution in [1.82, 2.24) is 15.1 Å². The van der Waals surface area contributed by atoms with Crippen LogP contribution in [0.5, 0.6) is 0 Å².